The van der Waals surface area contributed by atoms with Gasteiger partial charge in [0.1, 0.15) is 6.10 Å². The number of ether oxygens (including phenoxy) is 1. The van der Waals surface area contributed by atoms with Crippen molar-refractivity contribution in [1.29, 1.82) is 0 Å². The third-order valence-electron chi connectivity index (χ3n) is 1.98. The largest absolute Gasteiger partial charge is 0.384 e. The Hall–Kier alpha value is -0.680. The van der Waals surface area contributed by atoms with Crippen molar-refractivity contribution in [2.24, 2.45) is 0 Å². The van der Waals surface area contributed by atoms with Gasteiger partial charge in [-0.1, -0.05) is 0 Å². The van der Waals surface area contributed by atoms with E-state index in [2.05, 4.69) is 0 Å². The molecule has 1 aliphatic rings. The lowest BCUT2D eigenvalue weighted by molar-refractivity contribution is -0.493. The van der Waals surface area contributed by atoms with Crippen molar-refractivity contribution >= 4 is 0 Å². The molecular weight excluding hydrogens is 162 g/mol. The molecule has 0 radical (unpaired) electrons. The van der Waals surface area contributed by atoms with E-state index in [-0.39, 0.29) is 6.10 Å². The van der Waals surface area contributed by atoms with Crippen LogP contribution in [0.2, 0.25) is 0 Å². The standard InChI is InChI=1S/C7H13NO4/c9-6(5-8(10)11)7-3-1-2-4-12-7/h6-7,9H,1-5H2. The minimum Gasteiger partial charge on any atom is -0.384 e. The highest BCUT2D eigenvalue weighted by molar-refractivity contribution is 4.71. The van der Waals surface area contributed by atoms with Crippen molar-refractivity contribution < 1.29 is 14.8 Å². The second-order valence-electron chi connectivity index (χ2n) is 2.99. The summed E-state index contributed by atoms with van der Waals surface area (Å²) in [5.41, 5.74) is 0. The normalized spacial score (nSPS) is 26.6. The number of nitrogens with zero attached hydrogens (tertiary/aromatic N) is 1. The number of rotatable bonds is 3. The van der Waals surface area contributed by atoms with Gasteiger partial charge in [-0.2, -0.15) is 0 Å². The summed E-state index contributed by atoms with van der Waals surface area (Å²) in [6, 6.07) is 0. The zero-order chi connectivity index (χ0) is 8.97. The number of hydrogen-bond acceptors (Lipinski definition) is 4. The van der Waals surface area contributed by atoms with Crippen LogP contribution in [0.15, 0.2) is 0 Å². The third-order valence-corrected chi connectivity index (χ3v) is 1.98. The van der Waals surface area contributed by atoms with Crippen molar-refractivity contribution in [2.75, 3.05) is 13.2 Å². The first kappa shape index (κ1) is 9.41. The smallest absolute Gasteiger partial charge is 0.231 e. The van der Waals surface area contributed by atoms with E-state index in [4.69, 9.17) is 4.74 Å². The molecule has 1 fully saturated rings. The molecule has 2 unspecified atom stereocenters. The molecule has 2 atom stereocenters. The van der Waals surface area contributed by atoms with E-state index < -0.39 is 17.6 Å². The second kappa shape index (κ2) is 4.37. The molecular formula is C7H13NO4. The van der Waals surface area contributed by atoms with Gasteiger partial charge >= 0.3 is 0 Å². The van der Waals surface area contributed by atoms with Gasteiger partial charge in [0.25, 0.3) is 0 Å². The Morgan fingerprint density at radius 1 is 1.67 bits per heavy atom. The van der Waals surface area contributed by atoms with Gasteiger partial charge in [-0.3, -0.25) is 10.1 Å². The molecule has 0 aliphatic carbocycles. The van der Waals surface area contributed by atoms with Crippen LogP contribution >= 0.6 is 0 Å². The van der Waals surface area contributed by atoms with E-state index in [0.29, 0.717) is 6.61 Å². The van der Waals surface area contributed by atoms with Gasteiger partial charge in [0.05, 0.1) is 6.10 Å². The summed E-state index contributed by atoms with van der Waals surface area (Å²) < 4.78 is 5.19. The fourth-order valence-corrected chi connectivity index (χ4v) is 1.34. The molecule has 0 aromatic carbocycles. The molecule has 1 N–H and O–H groups in total. The molecule has 0 bridgehead atoms. The Labute approximate surface area is 70.5 Å². The number of aliphatic hydroxyl groups excluding tert-OH is 1. The summed E-state index contributed by atoms with van der Waals surface area (Å²) >= 11 is 0. The van der Waals surface area contributed by atoms with Crippen molar-refractivity contribution in [3.8, 4) is 0 Å². The summed E-state index contributed by atoms with van der Waals surface area (Å²) in [6.07, 6.45) is 1.43. The van der Waals surface area contributed by atoms with Crippen LogP contribution in [0.1, 0.15) is 19.3 Å². The number of hydrogen-bond donors (Lipinski definition) is 1. The van der Waals surface area contributed by atoms with E-state index in [1.807, 2.05) is 0 Å². The maximum absolute atomic E-state index is 10.0. The SMILES string of the molecule is O=[N+]([O-])CC(O)C1CCCCO1. The highest BCUT2D eigenvalue weighted by Crippen LogP contribution is 2.15. The molecule has 0 amide bonds. The Morgan fingerprint density at radius 3 is 2.92 bits per heavy atom. The quantitative estimate of drug-likeness (QED) is 0.491. The molecule has 5 heteroatoms. The van der Waals surface area contributed by atoms with Crippen LogP contribution in [0.3, 0.4) is 0 Å². The molecule has 0 aromatic heterocycles. The highest BCUT2D eigenvalue weighted by Gasteiger charge is 2.26. The topological polar surface area (TPSA) is 72.6 Å². The van der Waals surface area contributed by atoms with Gasteiger partial charge in [0.15, 0.2) is 0 Å². The molecule has 5 nitrogen and oxygen atoms in total. The van der Waals surface area contributed by atoms with Crippen LogP contribution in [-0.4, -0.2) is 35.4 Å². The maximum Gasteiger partial charge on any atom is 0.231 e. The van der Waals surface area contributed by atoms with E-state index in [0.717, 1.165) is 19.3 Å². The third kappa shape index (κ3) is 2.75. The Balaban J connectivity index is 2.29. The van der Waals surface area contributed by atoms with Crippen molar-refractivity contribution in [3.63, 3.8) is 0 Å². The van der Waals surface area contributed by atoms with Gasteiger partial charge < -0.3 is 9.84 Å². The first-order chi connectivity index (χ1) is 5.70. The average Bonchev–Trinajstić information content (AvgIpc) is 2.05. The number of nitro groups is 1. The van der Waals surface area contributed by atoms with E-state index >= 15 is 0 Å². The Morgan fingerprint density at radius 2 is 2.42 bits per heavy atom. The van der Waals surface area contributed by atoms with Gasteiger partial charge in [-0.25, -0.2) is 0 Å². The van der Waals surface area contributed by atoms with Crippen LogP contribution < -0.4 is 0 Å². The van der Waals surface area contributed by atoms with Gasteiger partial charge in [-0.15, -0.1) is 0 Å². The summed E-state index contributed by atoms with van der Waals surface area (Å²) in [6.45, 7) is 0.199. The van der Waals surface area contributed by atoms with E-state index in [9.17, 15) is 15.2 Å². The fourth-order valence-electron chi connectivity index (χ4n) is 1.34. The zero-order valence-electron chi connectivity index (χ0n) is 6.81. The molecule has 1 aliphatic heterocycles. The van der Waals surface area contributed by atoms with E-state index in [1.165, 1.54) is 0 Å². The van der Waals surface area contributed by atoms with Crippen LogP contribution in [-0.2, 0) is 4.74 Å². The van der Waals surface area contributed by atoms with Crippen LogP contribution in [0.25, 0.3) is 0 Å². The summed E-state index contributed by atoms with van der Waals surface area (Å²) in [5, 5.41) is 19.3. The Kier molecular flexibility index (Phi) is 3.43. The van der Waals surface area contributed by atoms with Gasteiger partial charge in [0, 0.05) is 11.5 Å². The monoisotopic (exact) mass is 175 g/mol. The molecule has 70 valence electrons. The first-order valence-electron chi connectivity index (χ1n) is 4.11. The minimum atomic E-state index is -0.944. The Bertz CT molecular complexity index is 155. The molecule has 12 heavy (non-hydrogen) atoms. The van der Waals surface area contributed by atoms with Gasteiger partial charge in [-0.05, 0) is 19.3 Å². The fraction of sp³-hybridized carbons (Fsp3) is 1.00. The summed E-state index contributed by atoms with van der Waals surface area (Å²) in [4.78, 5) is 9.53. The van der Waals surface area contributed by atoms with E-state index in [1.54, 1.807) is 0 Å². The summed E-state index contributed by atoms with van der Waals surface area (Å²) in [5.74, 6) is 0. The van der Waals surface area contributed by atoms with Crippen LogP contribution in [0.4, 0.5) is 0 Å². The minimum absolute atomic E-state index is 0.329. The predicted octanol–water partition coefficient (Wildman–Crippen LogP) is 0.193. The van der Waals surface area contributed by atoms with Crippen molar-refractivity contribution in [3.05, 3.63) is 10.1 Å². The molecule has 0 aromatic rings. The first-order valence-corrected chi connectivity index (χ1v) is 4.11. The molecule has 0 saturated carbocycles. The average molecular weight is 175 g/mol. The van der Waals surface area contributed by atoms with Gasteiger partial charge in [0.2, 0.25) is 6.54 Å². The molecule has 1 heterocycles. The predicted molar refractivity (Wildman–Crippen MR) is 41.5 cm³/mol. The van der Waals surface area contributed by atoms with Crippen LogP contribution in [0, 0.1) is 10.1 Å². The van der Waals surface area contributed by atoms with Crippen molar-refractivity contribution in [1.82, 2.24) is 0 Å². The van der Waals surface area contributed by atoms with Crippen LogP contribution in [0.5, 0.6) is 0 Å². The lowest BCUT2D eigenvalue weighted by Crippen LogP contribution is -2.37. The summed E-state index contributed by atoms with van der Waals surface area (Å²) in [7, 11) is 0. The molecule has 0 spiro atoms. The van der Waals surface area contributed by atoms with Crippen molar-refractivity contribution in [2.45, 2.75) is 31.5 Å². The number of aliphatic hydroxyl groups is 1. The molecule has 1 rings (SSSR count). The highest BCUT2D eigenvalue weighted by atomic mass is 16.6. The second-order valence-corrected chi connectivity index (χ2v) is 2.99. The maximum atomic E-state index is 10.0. The lowest BCUT2D eigenvalue weighted by Gasteiger charge is -2.24. The molecule has 1 saturated heterocycles. The zero-order valence-corrected chi connectivity index (χ0v) is 6.81. The lowest BCUT2D eigenvalue weighted by atomic mass is 10.0.